The van der Waals surface area contributed by atoms with Crippen molar-refractivity contribution in [1.82, 2.24) is 5.32 Å². The zero-order valence-corrected chi connectivity index (χ0v) is 13.6. The highest BCUT2D eigenvalue weighted by atomic mass is 19.1. The summed E-state index contributed by atoms with van der Waals surface area (Å²) >= 11 is 0. The number of nitrogens with zero attached hydrogens (tertiary/aromatic N) is 1. The number of carbonyl (C=O) groups is 2. The number of methoxy groups -OCH3 is 1. The molecule has 0 aliphatic carbocycles. The first kappa shape index (κ1) is 17.5. The maximum Gasteiger partial charge on any atom is 0.240 e. The molecular weight excluding hydrogens is 311 g/mol. The van der Waals surface area contributed by atoms with Crippen LogP contribution in [0.3, 0.4) is 0 Å². The third-order valence-electron chi connectivity index (χ3n) is 3.47. The molecule has 0 saturated carbocycles. The van der Waals surface area contributed by atoms with Crippen LogP contribution in [0.2, 0.25) is 0 Å². The molecule has 0 aliphatic rings. The second-order valence-corrected chi connectivity index (χ2v) is 5.18. The SMILES string of the molecule is COc1ccc(CNC(=O)CN(C(C)=O)c2ccccc2F)cc1. The van der Waals surface area contributed by atoms with E-state index in [0.29, 0.717) is 6.54 Å². The van der Waals surface area contributed by atoms with Crippen LogP contribution in [0.5, 0.6) is 5.75 Å². The first-order valence-electron chi connectivity index (χ1n) is 7.43. The summed E-state index contributed by atoms with van der Waals surface area (Å²) < 4.78 is 18.9. The predicted molar refractivity (Wildman–Crippen MR) is 89.3 cm³/mol. The molecule has 0 aromatic heterocycles. The van der Waals surface area contributed by atoms with Gasteiger partial charge in [0.05, 0.1) is 12.8 Å². The number of carbonyl (C=O) groups excluding carboxylic acids is 2. The van der Waals surface area contributed by atoms with E-state index in [1.54, 1.807) is 25.3 Å². The monoisotopic (exact) mass is 330 g/mol. The van der Waals surface area contributed by atoms with Gasteiger partial charge in [-0.3, -0.25) is 9.59 Å². The summed E-state index contributed by atoms with van der Waals surface area (Å²) in [5, 5.41) is 2.71. The van der Waals surface area contributed by atoms with Gasteiger partial charge in [0, 0.05) is 13.5 Å². The maximum atomic E-state index is 13.8. The Morgan fingerprint density at radius 2 is 1.79 bits per heavy atom. The molecule has 2 aromatic rings. The summed E-state index contributed by atoms with van der Waals surface area (Å²) in [7, 11) is 1.58. The van der Waals surface area contributed by atoms with E-state index in [1.165, 1.54) is 25.1 Å². The Balaban J connectivity index is 1.98. The van der Waals surface area contributed by atoms with Crippen LogP contribution < -0.4 is 15.0 Å². The van der Waals surface area contributed by atoms with E-state index in [-0.39, 0.29) is 18.1 Å². The first-order valence-corrected chi connectivity index (χ1v) is 7.43. The highest BCUT2D eigenvalue weighted by Gasteiger charge is 2.18. The minimum atomic E-state index is -0.546. The fraction of sp³-hybridized carbons (Fsp3) is 0.222. The number of nitrogens with one attached hydrogen (secondary N) is 1. The smallest absolute Gasteiger partial charge is 0.240 e. The normalized spacial score (nSPS) is 10.1. The highest BCUT2D eigenvalue weighted by Crippen LogP contribution is 2.18. The van der Waals surface area contributed by atoms with Crippen molar-refractivity contribution >= 4 is 17.5 Å². The molecule has 0 saturated heterocycles. The largest absolute Gasteiger partial charge is 0.497 e. The van der Waals surface area contributed by atoms with Gasteiger partial charge in [-0.25, -0.2) is 4.39 Å². The van der Waals surface area contributed by atoms with Gasteiger partial charge >= 0.3 is 0 Å². The lowest BCUT2D eigenvalue weighted by Gasteiger charge is -2.21. The van der Waals surface area contributed by atoms with Gasteiger partial charge in [-0.2, -0.15) is 0 Å². The number of benzene rings is 2. The highest BCUT2D eigenvalue weighted by molar-refractivity contribution is 5.97. The van der Waals surface area contributed by atoms with Crippen LogP contribution in [0.15, 0.2) is 48.5 Å². The molecule has 0 atom stereocenters. The number of anilines is 1. The average molecular weight is 330 g/mol. The van der Waals surface area contributed by atoms with Gasteiger partial charge in [0.1, 0.15) is 18.1 Å². The number of hydrogen-bond donors (Lipinski definition) is 1. The van der Waals surface area contributed by atoms with Crippen molar-refractivity contribution in [3.05, 3.63) is 59.9 Å². The van der Waals surface area contributed by atoms with Gasteiger partial charge in [0.25, 0.3) is 0 Å². The van der Waals surface area contributed by atoms with E-state index in [9.17, 15) is 14.0 Å². The molecule has 126 valence electrons. The van der Waals surface area contributed by atoms with E-state index in [1.807, 2.05) is 12.1 Å². The van der Waals surface area contributed by atoms with E-state index in [4.69, 9.17) is 4.74 Å². The quantitative estimate of drug-likeness (QED) is 0.885. The van der Waals surface area contributed by atoms with Crippen molar-refractivity contribution in [2.75, 3.05) is 18.6 Å². The summed E-state index contributed by atoms with van der Waals surface area (Å²) in [6.45, 7) is 1.36. The zero-order chi connectivity index (χ0) is 17.5. The molecule has 2 amide bonds. The third kappa shape index (κ3) is 4.55. The third-order valence-corrected chi connectivity index (χ3v) is 3.47. The Morgan fingerprint density at radius 1 is 1.12 bits per heavy atom. The van der Waals surface area contributed by atoms with Crippen molar-refractivity contribution in [1.29, 1.82) is 0 Å². The lowest BCUT2D eigenvalue weighted by atomic mass is 10.2. The van der Waals surface area contributed by atoms with Crippen molar-refractivity contribution in [2.45, 2.75) is 13.5 Å². The Labute approximate surface area is 140 Å². The van der Waals surface area contributed by atoms with Crippen LogP contribution in [-0.2, 0) is 16.1 Å². The Hall–Kier alpha value is -2.89. The van der Waals surface area contributed by atoms with Gasteiger partial charge < -0.3 is 15.0 Å². The lowest BCUT2D eigenvalue weighted by molar-refractivity contribution is -0.123. The van der Waals surface area contributed by atoms with Crippen LogP contribution in [0.4, 0.5) is 10.1 Å². The standard InChI is InChI=1S/C18H19FN2O3/c1-13(22)21(17-6-4-3-5-16(17)19)12-18(23)20-11-14-7-9-15(24-2)10-8-14/h3-10H,11-12H2,1-2H3,(H,20,23). The second-order valence-electron chi connectivity index (χ2n) is 5.18. The summed E-state index contributed by atoms with van der Waals surface area (Å²) in [5.41, 5.74) is 0.981. The topological polar surface area (TPSA) is 58.6 Å². The number of halogens is 1. The summed E-state index contributed by atoms with van der Waals surface area (Å²) in [4.78, 5) is 24.9. The van der Waals surface area contributed by atoms with E-state index >= 15 is 0 Å². The molecule has 2 rings (SSSR count). The van der Waals surface area contributed by atoms with E-state index in [0.717, 1.165) is 16.2 Å². The first-order chi connectivity index (χ1) is 11.5. The molecule has 5 nitrogen and oxygen atoms in total. The van der Waals surface area contributed by atoms with E-state index in [2.05, 4.69) is 5.32 Å². The molecule has 6 heteroatoms. The Kier molecular flexibility index (Phi) is 5.89. The predicted octanol–water partition coefficient (Wildman–Crippen LogP) is 2.50. The molecular formula is C18H19FN2O3. The number of rotatable bonds is 6. The molecule has 24 heavy (non-hydrogen) atoms. The van der Waals surface area contributed by atoms with E-state index < -0.39 is 11.7 Å². The second kappa shape index (κ2) is 8.10. The Bertz CT molecular complexity index is 716. The van der Waals surface area contributed by atoms with Crippen molar-refractivity contribution in [3.8, 4) is 5.75 Å². The van der Waals surface area contributed by atoms with Crippen molar-refractivity contribution < 1.29 is 18.7 Å². The number of amides is 2. The average Bonchev–Trinajstić information content (AvgIpc) is 2.59. The van der Waals surface area contributed by atoms with Crippen LogP contribution in [-0.4, -0.2) is 25.5 Å². The van der Waals surface area contributed by atoms with Gasteiger partial charge in [-0.15, -0.1) is 0 Å². The van der Waals surface area contributed by atoms with Crippen LogP contribution in [0.1, 0.15) is 12.5 Å². The van der Waals surface area contributed by atoms with Gasteiger partial charge in [0.15, 0.2) is 0 Å². The Morgan fingerprint density at radius 3 is 2.38 bits per heavy atom. The zero-order valence-electron chi connectivity index (χ0n) is 13.6. The van der Waals surface area contributed by atoms with Crippen LogP contribution in [0, 0.1) is 5.82 Å². The number of ether oxygens (including phenoxy) is 1. The number of para-hydroxylation sites is 1. The fourth-order valence-corrected chi connectivity index (χ4v) is 2.18. The molecule has 1 N–H and O–H groups in total. The van der Waals surface area contributed by atoms with Crippen molar-refractivity contribution in [3.63, 3.8) is 0 Å². The molecule has 0 unspecified atom stereocenters. The molecule has 0 bridgehead atoms. The lowest BCUT2D eigenvalue weighted by Crippen LogP contribution is -2.40. The van der Waals surface area contributed by atoms with Crippen molar-refractivity contribution in [2.24, 2.45) is 0 Å². The molecule has 2 aromatic carbocycles. The summed E-state index contributed by atoms with van der Waals surface area (Å²) in [5.74, 6) is -0.591. The maximum absolute atomic E-state index is 13.8. The van der Waals surface area contributed by atoms with Crippen LogP contribution in [0.25, 0.3) is 0 Å². The molecule has 0 heterocycles. The fourth-order valence-electron chi connectivity index (χ4n) is 2.18. The molecule has 0 aliphatic heterocycles. The van der Waals surface area contributed by atoms with Gasteiger partial charge in [-0.05, 0) is 29.8 Å². The summed E-state index contributed by atoms with van der Waals surface area (Å²) in [6, 6.07) is 13.1. The minimum absolute atomic E-state index is 0.0876. The minimum Gasteiger partial charge on any atom is -0.497 e. The number of hydrogen-bond acceptors (Lipinski definition) is 3. The van der Waals surface area contributed by atoms with Gasteiger partial charge in [0.2, 0.25) is 11.8 Å². The molecule has 0 radical (unpaired) electrons. The summed E-state index contributed by atoms with van der Waals surface area (Å²) in [6.07, 6.45) is 0. The van der Waals surface area contributed by atoms with Crippen LogP contribution >= 0.6 is 0 Å². The molecule has 0 spiro atoms. The molecule has 0 fully saturated rings. The van der Waals surface area contributed by atoms with Gasteiger partial charge in [-0.1, -0.05) is 24.3 Å².